The molecule has 0 amide bonds. The lowest BCUT2D eigenvalue weighted by atomic mass is 9.82. The molecule has 1 aromatic heterocycles. The van der Waals surface area contributed by atoms with Crippen LogP contribution in [-0.2, 0) is 5.60 Å². The highest BCUT2D eigenvalue weighted by molar-refractivity contribution is 5.13. The third-order valence-corrected chi connectivity index (χ3v) is 3.96. The van der Waals surface area contributed by atoms with E-state index in [9.17, 15) is 9.50 Å². The van der Waals surface area contributed by atoms with Crippen molar-refractivity contribution in [1.29, 1.82) is 0 Å². The van der Waals surface area contributed by atoms with E-state index in [1.54, 1.807) is 6.07 Å². The average Bonchev–Trinajstić information content (AvgIpc) is 2.43. The summed E-state index contributed by atoms with van der Waals surface area (Å²) in [5.41, 5.74) is -0.339. The number of halogens is 1. The van der Waals surface area contributed by atoms with Gasteiger partial charge in [-0.3, -0.25) is 4.98 Å². The average molecular weight is 267 g/mol. The fourth-order valence-electron chi connectivity index (χ4n) is 2.50. The zero-order chi connectivity index (χ0) is 14.3. The van der Waals surface area contributed by atoms with Crippen LogP contribution in [0, 0.1) is 11.7 Å². The van der Waals surface area contributed by atoms with E-state index < -0.39 is 5.60 Å². The topological polar surface area (TPSA) is 33.1 Å². The van der Waals surface area contributed by atoms with Gasteiger partial charge in [0.05, 0.1) is 11.9 Å². The number of nitrogens with zero attached hydrogens (tertiary/aromatic N) is 1. The van der Waals surface area contributed by atoms with Crippen molar-refractivity contribution in [3.05, 3.63) is 29.8 Å². The van der Waals surface area contributed by atoms with Crippen molar-refractivity contribution in [2.75, 3.05) is 0 Å². The predicted octanol–water partition coefficient (Wildman–Crippen LogP) is 4.42. The maximum atomic E-state index is 12.9. The summed E-state index contributed by atoms with van der Waals surface area (Å²) in [6.45, 7) is 6.30. The molecule has 0 aromatic carbocycles. The Morgan fingerprint density at radius 1 is 1.32 bits per heavy atom. The van der Waals surface area contributed by atoms with Gasteiger partial charge in [0.25, 0.3) is 0 Å². The van der Waals surface area contributed by atoms with Crippen molar-refractivity contribution in [3.8, 4) is 0 Å². The van der Waals surface area contributed by atoms with Crippen LogP contribution in [0.3, 0.4) is 0 Å². The molecule has 0 fully saturated rings. The van der Waals surface area contributed by atoms with E-state index in [1.165, 1.54) is 25.1 Å². The van der Waals surface area contributed by atoms with Crippen LogP contribution in [0.15, 0.2) is 18.3 Å². The monoisotopic (exact) mass is 267 g/mol. The summed E-state index contributed by atoms with van der Waals surface area (Å²) in [5.74, 6) is 0.136. The molecule has 1 heterocycles. The number of pyridine rings is 1. The molecule has 1 rings (SSSR count). The highest BCUT2D eigenvalue weighted by Crippen LogP contribution is 2.33. The highest BCUT2D eigenvalue weighted by Gasteiger charge is 2.31. The van der Waals surface area contributed by atoms with Gasteiger partial charge in [0, 0.05) is 0 Å². The molecule has 19 heavy (non-hydrogen) atoms. The number of hydrogen-bond acceptors (Lipinski definition) is 2. The van der Waals surface area contributed by atoms with E-state index in [0.29, 0.717) is 24.5 Å². The molecule has 2 unspecified atom stereocenters. The van der Waals surface area contributed by atoms with Gasteiger partial charge in [-0.2, -0.15) is 0 Å². The normalized spacial score (nSPS) is 16.1. The molecular weight excluding hydrogens is 241 g/mol. The van der Waals surface area contributed by atoms with Gasteiger partial charge in [-0.1, -0.05) is 46.5 Å². The first-order chi connectivity index (χ1) is 9.05. The molecule has 0 saturated carbocycles. The first kappa shape index (κ1) is 16.1. The minimum atomic E-state index is -0.928. The molecule has 2 atom stereocenters. The van der Waals surface area contributed by atoms with Gasteiger partial charge in [-0.05, 0) is 30.9 Å². The van der Waals surface area contributed by atoms with Crippen LogP contribution in [-0.4, -0.2) is 10.1 Å². The Morgan fingerprint density at radius 3 is 2.53 bits per heavy atom. The predicted molar refractivity (Wildman–Crippen MR) is 76.3 cm³/mol. The van der Waals surface area contributed by atoms with E-state index >= 15 is 0 Å². The molecule has 0 aliphatic heterocycles. The Balaban J connectivity index is 2.81. The van der Waals surface area contributed by atoms with Gasteiger partial charge in [-0.15, -0.1) is 0 Å². The smallest absolute Gasteiger partial charge is 0.141 e. The quantitative estimate of drug-likeness (QED) is 0.756. The fraction of sp³-hybridized carbons (Fsp3) is 0.688. The summed E-state index contributed by atoms with van der Waals surface area (Å²) in [6, 6.07) is 2.97. The van der Waals surface area contributed by atoms with Gasteiger partial charge in [-0.25, -0.2) is 4.39 Å². The molecule has 0 saturated heterocycles. The molecule has 108 valence electrons. The lowest BCUT2D eigenvalue weighted by Gasteiger charge is -2.30. The lowest BCUT2D eigenvalue weighted by molar-refractivity contribution is 0.000685. The lowest BCUT2D eigenvalue weighted by Crippen LogP contribution is -2.29. The van der Waals surface area contributed by atoms with Crippen LogP contribution >= 0.6 is 0 Å². The number of aromatic nitrogens is 1. The second-order valence-corrected chi connectivity index (χ2v) is 5.37. The molecule has 0 aliphatic rings. The summed E-state index contributed by atoms with van der Waals surface area (Å²) in [7, 11) is 0. The Hall–Kier alpha value is -0.960. The van der Waals surface area contributed by atoms with Gasteiger partial charge in [0.2, 0.25) is 0 Å². The third kappa shape index (κ3) is 4.57. The first-order valence-corrected chi connectivity index (χ1v) is 7.40. The van der Waals surface area contributed by atoms with Crippen molar-refractivity contribution < 1.29 is 9.50 Å². The van der Waals surface area contributed by atoms with E-state index in [2.05, 4.69) is 18.8 Å². The fourth-order valence-corrected chi connectivity index (χ4v) is 2.50. The van der Waals surface area contributed by atoms with E-state index in [1.807, 2.05) is 6.92 Å². The zero-order valence-corrected chi connectivity index (χ0v) is 12.3. The maximum absolute atomic E-state index is 12.9. The molecule has 0 bridgehead atoms. The minimum Gasteiger partial charge on any atom is -0.384 e. The van der Waals surface area contributed by atoms with Gasteiger partial charge < -0.3 is 5.11 Å². The van der Waals surface area contributed by atoms with E-state index in [0.717, 1.165) is 12.8 Å². The van der Waals surface area contributed by atoms with Gasteiger partial charge in [0.1, 0.15) is 11.4 Å². The van der Waals surface area contributed by atoms with Crippen molar-refractivity contribution in [3.63, 3.8) is 0 Å². The van der Waals surface area contributed by atoms with Crippen molar-refractivity contribution in [2.24, 2.45) is 5.92 Å². The van der Waals surface area contributed by atoms with Crippen LogP contribution in [0.4, 0.5) is 4.39 Å². The van der Waals surface area contributed by atoms with Crippen molar-refractivity contribution >= 4 is 0 Å². The molecule has 0 radical (unpaired) electrons. The van der Waals surface area contributed by atoms with E-state index in [4.69, 9.17) is 0 Å². The van der Waals surface area contributed by atoms with Crippen LogP contribution in [0.2, 0.25) is 0 Å². The molecule has 2 nitrogen and oxygen atoms in total. The molecule has 0 spiro atoms. The molecule has 1 aromatic rings. The van der Waals surface area contributed by atoms with Crippen molar-refractivity contribution in [1.82, 2.24) is 4.98 Å². The Morgan fingerprint density at radius 2 is 2.05 bits per heavy atom. The third-order valence-electron chi connectivity index (χ3n) is 3.96. The molecule has 0 aliphatic carbocycles. The Bertz CT molecular complexity index is 366. The van der Waals surface area contributed by atoms with Crippen LogP contribution in [0.5, 0.6) is 0 Å². The second kappa shape index (κ2) is 7.59. The summed E-state index contributed by atoms with van der Waals surface area (Å²) >= 11 is 0. The highest BCUT2D eigenvalue weighted by atomic mass is 19.1. The largest absolute Gasteiger partial charge is 0.384 e. The number of hydrogen-bond donors (Lipinski definition) is 1. The van der Waals surface area contributed by atoms with Gasteiger partial charge in [0.15, 0.2) is 0 Å². The van der Waals surface area contributed by atoms with E-state index in [-0.39, 0.29) is 5.82 Å². The summed E-state index contributed by atoms with van der Waals surface area (Å²) in [4.78, 5) is 4.06. The SMILES string of the molecule is CCCCC(CC)CC(O)(CC)c1ccc(F)cn1. The maximum Gasteiger partial charge on any atom is 0.141 e. The van der Waals surface area contributed by atoms with Crippen molar-refractivity contribution in [2.45, 2.75) is 64.9 Å². The number of unbranched alkanes of at least 4 members (excludes halogenated alkanes) is 1. The molecule has 3 heteroatoms. The standard InChI is InChI=1S/C16H26FNO/c1-4-7-8-13(5-2)11-16(19,6-3)15-10-9-14(17)12-18-15/h9-10,12-13,19H,4-8,11H2,1-3H3. The number of aliphatic hydroxyl groups is 1. The summed E-state index contributed by atoms with van der Waals surface area (Å²) in [6.07, 6.45) is 7.06. The van der Waals surface area contributed by atoms with Crippen LogP contribution in [0.1, 0.15) is 65.0 Å². The second-order valence-electron chi connectivity index (χ2n) is 5.37. The zero-order valence-electron chi connectivity index (χ0n) is 12.3. The Labute approximate surface area is 116 Å². The molecular formula is C16H26FNO. The summed E-state index contributed by atoms with van der Waals surface area (Å²) < 4.78 is 12.9. The minimum absolute atomic E-state index is 0.361. The molecule has 1 N–H and O–H groups in total. The van der Waals surface area contributed by atoms with Crippen LogP contribution in [0.25, 0.3) is 0 Å². The Kier molecular flexibility index (Phi) is 6.43. The first-order valence-electron chi connectivity index (χ1n) is 7.40. The van der Waals surface area contributed by atoms with Crippen LogP contribution < -0.4 is 0 Å². The van der Waals surface area contributed by atoms with Gasteiger partial charge >= 0.3 is 0 Å². The number of rotatable bonds is 8. The summed E-state index contributed by atoms with van der Waals surface area (Å²) in [5, 5.41) is 10.8.